The Kier molecular flexibility index (Phi) is 8.15. The number of anilines is 2. The smallest absolute Gasteiger partial charge is 0.378 e. The Morgan fingerprint density at radius 3 is 1.97 bits per heavy atom. The molecule has 16 heteroatoms. The van der Waals surface area contributed by atoms with E-state index >= 15 is 0 Å². The van der Waals surface area contributed by atoms with E-state index in [0.717, 1.165) is 12.1 Å². The van der Waals surface area contributed by atoms with Crippen molar-refractivity contribution in [1.82, 2.24) is 10.2 Å². The zero-order chi connectivity index (χ0) is 28.3. The van der Waals surface area contributed by atoms with Crippen molar-refractivity contribution in [2.75, 3.05) is 62.3 Å². The summed E-state index contributed by atoms with van der Waals surface area (Å²) in [6.07, 6.45) is -4.71. The predicted molar refractivity (Wildman–Crippen MR) is 138 cm³/mol. The van der Waals surface area contributed by atoms with Crippen LogP contribution in [-0.2, 0) is 10.9 Å². The van der Waals surface area contributed by atoms with Crippen LogP contribution in [0.5, 0.6) is 0 Å². The molecule has 1 amide bonds. The third-order valence-corrected chi connectivity index (χ3v) is 6.77. The average molecular weight is 569 g/mol. The zero-order valence-corrected chi connectivity index (χ0v) is 21.2. The number of alkyl halides is 3. The fourth-order valence-corrected chi connectivity index (χ4v) is 4.67. The summed E-state index contributed by atoms with van der Waals surface area (Å²) in [5.41, 5.74) is -1.51. The summed E-state index contributed by atoms with van der Waals surface area (Å²) in [6.45, 7) is 2.70. The minimum Gasteiger partial charge on any atom is -0.378 e. The van der Waals surface area contributed by atoms with Crippen LogP contribution in [0.1, 0.15) is 15.9 Å². The molecule has 2 saturated heterocycles. The lowest BCUT2D eigenvalue weighted by Gasteiger charge is -2.37. The van der Waals surface area contributed by atoms with Gasteiger partial charge in [0.05, 0.1) is 28.6 Å². The van der Waals surface area contributed by atoms with Crippen molar-refractivity contribution in [3.63, 3.8) is 0 Å². The molecular weight excluding hydrogens is 545 g/mol. The Morgan fingerprint density at radius 2 is 1.41 bits per heavy atom. The van der Waals surface area contributed by atoms with E-state index in [2.05, 4.69) is 5.32 Å². The van der Waals surface area contributed by atoms with Gasteiger partial charge in [-0.1, -0.05) is 0 Å². The van der Waals surface area contributed by atoms with E-state index in [1.54, 1.807) is 9.80 Å². The second-order valence-electron chi connectivity index (χ2n) is 8.75. The van der Waals surface area contributed by atoms with Crippen molar-refractivity contribution in [3.8, 4) is 0 Å². The summed E-state index contributed by atoms with van der Waals surface area (Å²) in [4.78, 5) is 39.5. The number of thiocarbonyl (C=S) groups is 1. The number of hydrogen-bond donors (Lipinski definition) is 1. The largest absolute Gasteiger partial charge is 0.416 e. The summed E-state index contributed by atoms with van der Waals surface area (Å²) < 4.78 is 44.3. The molecule has 2 aromatic rings. The van der Waals surface area contributed by atoms with E-state index in [0.29, 0.717) is 38.1 Å². The number of carbonyl (C=O) groups is 1. The molecule has 2 heterocycles. The quantitative estimate of drug-likeness (QED) is 0.326. The first-order valence-electron chi connectivity index (χ1n) is 11.8. The van der Waals surface area contributed by atoms with Gasteiger partial charge in [0.25, 0.3) is 17.3 Å². The standard InChI is InChI=1S/C23H23F3N6O6S/c24-23(25,26)16-2-4-18(20(14-16)32(36)37)28-5-7-30(8-6-28)22(39)27-21(33)15-1-3-17(19(13-15)31(34)35)29-9-11-38-12-10-29/h1-4,13-14H,5-12H2,(H,27,33,39). The van der Waals surface area contributed by atoms with E-state index in [-0.39, 0.29) is 48.2 Å². The lowest BCUT2D eigenvalue weighted by Crippen LogP contribution is -2.52. The number of piperazine rings is 1. The van der Waals surface area contributed by atoms with Crippen LogP contribution in [0.2, 0.25) is 0 Å². The summed E-state index contributed by atoms with van der Waals surface area (Å²) in [5, 5.41) is 25.7. The highest BCUT2D eigenvalue weighted by Crippen LogP contribution is 2.37. The minimum atomic E-state index is -4.71. The van der Waals surface area contributed by atoms with Gasteiger partial charge in [0.1, 0.15) is 11.4 Å². The van der Waals surface area contributed by atoms with Gasteiger partial charge in [0, 0.05) is 57.0 Å². The van der Waals surface area contributed by atoms with Gasteiger partial charge in [-0.2, -0.15) is 13.2 Å². The molecule has 0 aromatic heterocycles. The number of amides is 1. The van der Waals surface area contributed by atoms with Crippen LogP contribution in [0.4, 0.5) is 35.9 Å². The van der Waals surface area contributed by atoms with Gasteiger partial charge in [0.15, 0.2) is 5.11 Å². The minimum absolute atomic E-state index is 0.0417. The Bertz CT molecular complexity index is 1300. The van der Waals surface area contributed by atoms with E-state index in [4.69, 9.17) is 17.0 Å². The van der Waals surface area contributed by atoms with E-state index in [1.165, 1.54) is 18.2 Å². The van der Waals surface area contributed by atoms with Crippen LogP contribution in [0.15, 0.2) is 36.4 Å². The first kappa shape index (κ1) is 28.0. The maximum Gasteiger partial charge on any atom is 0.416 e. The van der Waals surface area contributed by atoms with Crippen LogP contribution in [-0.4, -0.2) is 78.2 Å². The number of benzene rings is 2. The number of hydrogen-bond acceptors (Lipinski definition) is 9. The topological polar surface area (TPSA) is 134 Å². The number of halogens is 3. The van der Waals surface area contributed by atoms with Crippen LogP contribution in [0.25, 0.3) is 0 Å². The molecule has 0 unspecified atom stereocenters. The Balaban J connectivity index is 1.40. The van der Waals surface area contributed by atoms with Gasteiger partial charge in [-0.15, -0.1) is 0 Å². The van der Waals surface area contributed by atoms with Crippen LogP contribution in [0.3, 0.4) is 0 Å². The molecule has 4 rings (SSSR count). The molecule has 2 fully saturated rings. The first-order chi connectivity index (χ1) is 18.5. The summed E-state index contributed by atoms with van der Waals surface area (Å²) in [6, 6.07) is 6.54. The van der Waals surface area contributed by atoms with Crippen molar-refractivity contribution in [2.45, 2.75) is 6.18 Å². The fraction of sp³-hybridized carbons (Fsp3) is 0.391. The molecule has 0 atom stereocenters. The highest BCUT2D eigenvalue weighted by atomic mass is 32.1. The highest BCUT2D eigenvalue weighted by Gasteiger charge is 2.34. The average Bonchev–Trinajstić information content (AvgIpc) is 2.92. The number of rotatable bonds is 5. The van der Waals surface area contributed by atoms with Gasteiger partial charge in [-0.25, -0.2) is 0 Å². The number of nitrogens with one attached hydrogen (secondary N) is 1. The Labute approximate surface area is 225 Å². The number of nitrogens with zero attached hydrogens (tertiary/aromatic N) is 5. The molecule has 0 bridgehead atoms. The lowest BCUT2D eigenvalue weighted by molar-refractivity contribution is -0.384. The number of carbonyl (C=O) groups excluding carboxylic acids is 1. The molecule has 39 heavy (non-hydrogen) atoms. The molecule has 0 saturated carbocycles. The molecule has 1 N–H and O–H groups in total. The third-order valence-electron chi connectivity index (χ3n) is 6.41. The third kappa shape index (κ3) is 6.34. The summed E-state index contributed by atoms with van der Waals surface area (Å²) in [5.74, 6) is -0.641. The number of nitro benzene ring substituents is 2. The van der Waals surface area contributed by atoms with Gasteiger partial charge < -0.3 is 19.4 Å². The van der Waals surface area contributed by atoms with Crippen LogP contribution in [0, 0.1) is 20.2 Å². The molecular formula is C23H23F3N6O6S. The molecule has 2 aliphatic heterocycles. The van der Waals surface area contributed by atoms with Gasteiger partial charge in [-0.05, 0) is 36.5 Å². The van der Waals surface area contributed by atoms with Gasteiger partial charge in [-0.3, -0.25) is 30.3 Å². The van der Waals surface area contributed by atoms with Crippen molar-refractivity contribution < 1.29 is 32.5 Å². The van der Waals surface area contributed by atoms with Crippen LogP contribution >= 0.6 is 12.2 Å². The van der Waals surface area contributed by atoms with E-state index in [1.807, 2.05) is 4.90 Å². The van der Waals surface area contributed by atoms with Gasteiger partial charge in [0.2, 0.25) is 0 Å². The molecule has 2 aliphatic rings. The predicted octanol–water partition coefficient (Wildman–Crippen LogP) is 3.20. The molecule has 2 aromatic carbocycles. The van der Waals surface area contributed by atoms with E-state index < -0.39 is 33.2 Å². The number of ether oxygens (including phenoxy) is 1. The zero-order valence-electron chi connectivity index (χ0n) is 20.3. The van der Waals surface area contributed by atoms with Crippen molar-refractivity contribution in [1.29, 1.82) is 0 Å². The summed E-state index contributed by atoms with van der Waals surface area (Å²) >= 11 is 5.33. The highest BCUT2D eigenvalue weighted by molar-refractivity contribution is 7.80. The van der Waals surface area contributed by atoms with Gasteiger partial charge >= 0.3 is 6.18 Å². The molecule has 12 nitrogen and oxygen atoms in total. The SMILES string of the molecule is O=C(NC(=S)N1CCN(c2ccc(C(F)(F)F)cc2[N+](=O)[O-])CC1)c1ccc(N2CCOCC2)c([N+](=O)[O-])c1. The van der Waals surface area contributed by atoms with Crippen molar-refractivity contribution >= 4 is 46.0 Å². The first-order valence-corrected chi connectivity index (χ1v) is 12.2. The monoisotopic (exact) mass is 568 g/mol. The van der Waals surface area contributed by atoms with Crippen molar-refractivity contribution in [3.05, 3.63) is 67.8 Å². The Morgan fingerprint density at radius 1 is 0.872 bits per heavy atom. The maximum atomic E-state index is 13.0. The lowest BCUT2D eigenvalue weighted by atomic mass is 10.1. The molecule has 208 valence electrons. The molecule has 0 aliphatic carbocycles. The second-order valence-corrected chi connectivity index (χ2v) is 9.14. The normalized spacial score (nSPS) is 16.1. The molecule has 0 radical (unpaired) electrons. The Hall–Kier alpha value is -4.05. The molecule has 0 spiro atoms. The second kappa shape index (κ2) is 11.4. The van der Waals surface area contributed by atoms with E-state index in [9.17, 15) is 38.2 Å². The summed E-state index contributed by atoms with van der Waals surface area (Å²) in [7, 11) is 0. The maximum absolute atomic E-state index is 13.0. The number of morpholine rings is 1. The van der Waals surface area contributed by atoms with Crippen LogP contribution < -0.4 is 15.1 Å². The van der Waals surface area contributed by atoms with Crippen molar-refractivity contribution in [2.24, 2.45) is 0 Å². The fourth-order valence-electron chi connectivity index (χ4n) is 4.39. The number of nitro groups is 2.